The Bertz CT molecular complexity index is 321. The summed E-state index contributed by atoms with van der Waals surface area (Å²) in [4.78, 5) is 10.5. The molecule has 0 saturated heterocycles. The Kier molecular flexibility index (Phi) is 6.18. The number of hydrogen-bond acceptors (Lipinski definition) is 2. The maximum atomic E-state index is 10.5. The molecule has 0 fully saturated rings. The van der Waals surface area contributed by atoms with E-state index >= 15 is 0 Å². The minimum Gasteiger partial charge on any atom is -0.376 e. The van der Waals surface area contributed by atoms with Gasteiger partial charge in [0.05, 0.1) is 6.54 Å². The van der Waals surface area contributed by atoms with Gasteiger partial charge in [0.25, 0.3) is 0 Å². The lowest BCUT2D eigenvalue weighted by Gasteiger charge is -2.06. The molecule has 84 valence electrons. The van der Waals surface area contributed by atoms with Gasteiger partial charge in [0, 0.05) is 5.69 Å². The van der Waals surface area contributed by atoms with Crippen LogP contribution in [0.5, 0.6) is 0 Å². The minimum absolute atomic E-state index is 0.183. The van der Waals surface area contributed by atoms with E-state index in [1.54, 1.807) is 0 Å². The third-order valence-electron chi connectivity index (χ3n) is 1.97. The van der Waals surface area contributed by atoms with Crippen LogP contribution in [0.2, 0.25) is 0 Å². The van der Waals surface area contributed by atoms with Gasteiger partial charge in [-0.2, -0.15) is 0 Å². The van der Waals surface area contributed by atoms with Crippen molar-refractivity contribution in [2.75, 3.05) is 11.9 Å². The van der Waals surface area contributed by atoms with Crippen LogP contribution in [0.3, 0.4) is 0 Å². The Morgan fingerprint density at radius 2 is 1.87 bits per heavy atom. The maximum absolute atomic E-state index is 10.5. The Labute approximate surface area is 91.7 Å². The van der Waals surface area contributed by atoms with Crippen LogP contribution in [0.25, 0.3) is 0 Å². The lowest BCUT2D eigenvalue weighted by molar-refractivity contribution is -0.116. The van der Waals surface area contributed by atoms with Crippen molar-refractivity contribution in [3.05, 3.63) is 29.3 Å². The smallest absolute Gasteiger partial charge is 0.236 e. The van der Waals surface area contributed by atoms with Crippen molar-refractivity contribution in [1.29, 1.82) is 0 Å². The van der Waals surface area contributed by atoms with Crippen LogP contribution in [0.1, 0.15) is 25.0 Å². The number of carbonyl (C=O) groups excluding carboxylic acids is 1. The van der Waals surface area contributed by atoms with E-state index in [1.807, 2.05) is 45.9 Å². The van der Waals surface area contributed by atoms with E-state index in [0.717, 1.165) is 5.69 Å². The summed E-state index contributed by atoms with van der Waals surface area (Å²) in [6, 6.07) is 5.95. The van der Waals surface area contributed by atoms with Crippen molar-refractivity contribution < 1.29 is 4.79 Å². The van der Waals surface area contributed by atoms with Crippen molar-refractivity contribution in [1.82, 2.24) is 0 Å². The molecule has 15 heavy (non-hydrogen) atoms. The number of amides is 1. The number of aryl methyl sites for hydroxylation is 2. The number of primary amides is 1. The fourth-order valence-corrected chi connectivity index (χ4v) is 1.04. The summed E-state index contributed by atoms with van der Waals surface area (Å²) in [5.41, 5.74) is 8.38. The number of anilines is 1. The molecule has 3 nitrogen and oxygen atoms in total. The van der Waals surface area contributed by atoms with Gasteiger partial charge < -0.3 is 11.1 Å². The first-order chi connectivity index (χ1) is 7.09. The number of nitrogens with one attached hydrogen (secondary N) is 1. The first-order valence-electron chi connectivity index (χ1n) is 5.19. The molecule has 0 bridgehead atoms. The van der Waals surface area contributed by atoms with E-state index in [0.29, 0.717) is 0 Å². The molecule has 0 aliphatic rings. The van der Waals surface area contributed by atoms with E-state index in [1.165, 1.54) is 11.1 Å². The molecule has 0 aromatic heterocycles. The average Bonchev–Trinajstić information content (AvgIpc) is 2.23. The Balaban J connectivity index is 0.000000921. The molecule has 0 aliphatic carbocycles. The van der Waals surface area contributed by atoms with E-state index in [-0.39, 0.29) is 12.5 Å². The lowest BCUT2D eigenvalue weighted by Crippen LogP contribution is -2.21. The molecule has 3 N–H and O–H groups in total. The van der Waals surface area contributed by atoms with Crippen molar-refractivity contribution in [2.24, 2.45) is 5.73 Å². The van der Waals surface area contributed by atoms with E-state index < -0.39 is 0 Å². The molecule has 1 aromatic carbocycles. The first kappa shape index (κ1) is 13.5. The SMILES string of the molecule is CC.Cc1ccc(NCC(N)=O)cc1C. The lowest BCUT2D eigenvalue weighted by atomic mass is 10.1. The molecule has 1 aromatic rings. The van der Waals surface area contributed by atoms with Crippen molar-refractivity contribution >= 4 is 11.6 Å². The van der Waals surface area contributed by atoms with Crippen molar-refractivity contribution in [3.63, 3.8) is 0 Å². The normalized spacial score (nSPS) is 8.80. The molecular weight excluding hydrogens is 188 g/mol. The van der Waals surface area contributed by atoms with Gasteiger partial charge in [0.1, 0.15) is 0 Å². The van der Waals surface area contributed by atoms with E-state index in [9.17, 15) is 4.79 Å². The highest BCUT2D eigenvalue weighted by molar-refractivity contribution is 5.78. The maximum Gasteiger partial charge on any atom is 0.236 e. The third kappa shape index (κ3) is 5.05. The van der Waals surface area contributed by atoms with Crippen LogP contribution in [-0.4, -0.2) is 12.5 Å². The predicted molar refractivity (Wildman–Crippen MR) is 64.9 cm³/mol. The van der Waals surface area contributed by atoms with Gasteiger partial charge in [-0.05, 0) is 37.1 Å². The van der Waals surface area contributed by atoms with Crippen LogP contribution < -0.4 is 11.1 Å². The number of carbonyl (C=O) groups is 1. The van der Waals surface area contributed by atoms with Crippen molar-refractivity contribution in [3.8, 4) is 0 Å². The number of nitrogens with two attached hydrogens (primary N) is 1. The van der Waals surface area contributed by atoms with Gasteiger partial charge in [-0.3, -0.25) is 4.79 Å². The van der Waals surface area contributed by atoms with Gasteiger partial charge in [0.2, 0.25) is 5.91 Å². The zero-order valence-electron chi connectivity index (χ0n) is 9.92. The molecule has 0 radical (unpaired) electrons. The van der Waals surface area contributed by atoms with Crippen LogP contribution in [0, 0.1) is 13.8 Å². The molecule has 0 spiro atoms. The molecular formula is C12H20N2O. The Morgan fingerprint density at radius 3 is 2.33 bits per heavy atom. The van der Waals surface area contributed by atoms with Gasteiger partial charge >= 0.3 is 0 Å². The molecule has 1 amide bonds. The van der Waals surface area contributed by atoms with Crippen LogP contribution >= 0.6 is 0 Å². The quantitative estimate of drug-likeness (QED) is 0.800. The van der Waals surface area contributed by atoms with Crippen LogP contribution in [0.15, 0.2) is 18.2 Å². The average molecular weight is 208 g/mol. The second-order valence-electron chi connectivity index (χ2n) is 3.12. The highest BCUT2D eigenvalue weighted by Crippen LogP contribution is 2.13. The van der Waals surface area contributed by atoms with Gasteiger partial charge in [-0.25, -0.2) is 0 Å². The Morgan fingerprint density at radius 1 is 1.27 bits per heavy atom. The standard InChI is InChI=1S/C10H14N2O.C2H6/c1-7-3-4-9(5-8(7)2)12-6-10(11)13;1-2/h3-5,12H,6H2,1-2H3,(H2,11,13);1-2H3. The second kappa shape index (κ2) is 6.87. The summed E-state index contributed by atoms with van der Waals surface area (Å²) in [6.07, 6.45) is 0. The summed E-state index contributed by atoms with van der Waals surface area (Å²) in [7, 11) is 0. The number of rotatable bonds is 3. The van der Waals surface area contributed by atoms with Crippen molar-refractivity contribution in [2.45, 2.75) is 27.7 Å². The van der Waals surface area contributed by atoms with E-state index in [4.69, 9.17) is 5.73 Å². The fourth-order valence-electron chi connectivity index (χ4n) is 1.04. The Hall–Kier alpha value is -1.51. The second-order valence-corrected chi connectivity index (χ2v) is 3.12. The summed E-state index contributed by atoms with van der Waals surface area (Å²) >= 11 is 0. The third-order valence-corrected chi connectivity index (χ3v) is 1.97. The highest BCUT2D eigenvalue weighted by Gasteiger charge is 1.97. The van der Waals surface area contributed by atoms with Gasteiger partial charge in [-0.1, -0.05) is 19.9 Å². The molecule has 0 saturated carbocycles. The zero-order valence-corrected chi connectivity index (χ0v) is 9.92. The molecule has 3 heteroatoms. The first-order valence-corrected chi connectivity index (χ1v) is 5.19. The molecule has 0 heterocycles. The van der Waals surface area contributed by atoms with Crippen LogP contribution in [0.4, 0.5) is 5.69 Å². The molecule has 1 rings (SSSR count). The van der Waals surface area contributed by atoms with Gasteiger partial charge in [-0.15, -0.1) is 0 Å². The highest BCUT2D eigenvalue weighted by atomic mass is 16.1. The summed E-state index contributed by atoms with van der Waals surface area (Å²) in [5, 5.41) is 2.94. The summed E-state index contributed by atoms with van der Waals surface area (Å²) in [6.45, 7) is 8.26. The van der Waals surface area contributed by atoms with E-state index in [2.05, 4.69) is 5.32 Å². The molecule has 0 unspecified atom stereocenters. The van der Waals surface area contributed by atoms with Gasteiger partial charge in [0.15, 0.2) is 0 Å². The minimum atomic E-state index is -0.349. The fraction of sp³-hybridized carbons (Fsp3) is 0.417. The number of benzene rings is 1. The summed E-state index contributed by atoms with van der Waals surface area (Å²) in [5.74, 6) is -0.349. The monoisotopic (exact) mass is 208 g/mol. The summed E-state index contributed by atoms with van der Waals surface area (Å²) < 4.78 is 0. The zero-order chi connectivity index (χ0) is 11.8. The topological polar surface area (TPSA) is 55.1 Å². The number of hydrogen-bond donors (Lipinski definition) is 2. The molecule has 0 aliphatic heterocycles. The van der Waals surface area contributed by atoms with Crippen LogP contribution in [-0.2, 0) is 4.79 Å². The predicted octanol–water partition coefficient (Wildman–Crippen LogP) is 2.23. The largest absolute Gasteiger partial charge is 0.376 e. The molecule has 0 atom stereocenters.